The van der Waals surface area contributed by atoms with Gasteiger partial charge in [-0.15, -0.1) is 0 Å². The normalized spacial score (nSPS) is 30.4. The van der Waals surface area contributed by atoms with E-state index in [1.807, 2.05) is 0 Å². The van der Waals surface area contributed by atoms with Crippen LogP contribution in [-0.4, -0.2) is 43.3 Å². The zero-order valence-corrected chi connectivity index (χ0v) is 12.0. The summed E-state index contributed by atoms with van der Waals surface area (Å²) in [5.41, 5.74) is 0. The Morgan fingerprint density at radius 3 is 2.33 bits per heavy atom. The van der Waals surface area contributed by atoms with Crippen LogP contribution in [0.3, 0.4) is 0 Å². The van der Waals surface area contributed by atoms with Crippen LogP contribution in [0.25, 0.3) is 0 Å². The van der Waals surface area contributed by atoms with Gasteiger partial charge in [-0.05, 0) is 37.5 Å². The molecular weight excluding hydrogens is 250 g/mol. The van der Waals surface area contributed by atoms with Crippen LogP contribution in [0.2, 0.25) is 0 Å². The highest BCUT2D eigenvalue weighted by atomic mass is 32.2. The van der Waals surface area contributed by atoms with Crippen LogP contribution in [0.4, 0.5) is 0 Å². The Bertz CT molecular complexity index is 364. The van der Waals surface area contributed by atoms with Crippen LogP contribution >= 0.6 is 0 Å². The third-order valence-corrected chi connectivity index (χ3v) is 6.50. The van der Waals surface area contributed by atoms with Crippen LogP contribution < -0.4 is 0 Å². The molecule has 18 heavy (non-hydrogen) atoms. The third kappa shape index (κ3) is 3.45. The van der Waals surface area contributed by atoms with Crippen molar-refractivity contribution in [3.8, 4) is 0 Å². The van der Waals surface area contributed by atoms with Gasteiger partial charge < -0.3 is 5.11 Å². The second-order valence-corrected chi connectivity index (χ2v) is 8.09. The molecule has 0 radical (unpaired) electrons. The molecule has 0 bridgehead atoms. The van der Waals surface area contributed by atoms with Gasteiger partial charge in [-0.3, -0.25) is 0 Å². The topological polar surface area (TPSA) is 57.6 Å². The predicted octanol–water partition coefficient (Wildman–Crippen LogP) is 1.60. The lowest BCUT2D eigenvalue weighted by atomic mass is 9.86. The zero-order valence-electron chi connectivity index (χ0n) is 11.2. The zero-order chi connectivity index (χ0) is 13.2. The molecule has 106 valence electrons. The van der Waals surface area contributed by atoms with Crippen molar-refractivity contribution in [3.63, 3.8) is 0 Å². The van der Waals surface area contributed by atoms with E-state index in [0.717, 1.165) is 38.5 Å². The summed E-state index contributed by atoms with van der Waals surface area (Å²) in [5, 5.41) is 9.90. The Kier molecular flexibility index (Phi) is 4.67. The summed E-state index contributed by atoms with van der Waals surface area (Å²) in [6.45, 7) is 0.482. The smallest absolute Gasteiger partial charge is 0.214 e. The van der Waals surface area contributed by atoms with Crippen LogP contribution in [-0.2, 0) is 10.0 Å². The number of nitrogens with zero attached hydrogens (tertiary/aromatic N) is 1. The number of aliphatic hydroxyl groups excluding tert-OH is 1. The van der Waals surface area contributed by atoms with Gasteiger partial charge in [-0.1, -0.05) is 19.3 Å². The highest BCUT2D eigenvalue weighted by molar-refractivity contribution is 7.89. The third-order valence-electron chi connectivity index (χ3n) is 4.51. The minimum atomic E-state index is -3.12. The van der Waals surface area contributed by atoms with E-state index in [-0.39, 0.29) is 12.0 Å². The standard InChI is InChI=1S/C13H25NO3S/c1-14(9-12-7-2-3-8-13(12)15)18(16,17)10-11-5-4-6-11/h11-13,15H,2-10H2,1H3. The van der Waals surface area contributed by atoms with Crippen molar-refractivity contribution in [1.82, 2.24) is 4.31 Å². The molecule has 0 aromatic heterocycles. The molecule has 2 atom stereocenters. The van der Waals surface area contributed by atoms with E-state index < -0.39 is 10.0 Å². The SMILES string of the molecule is CN(CC1CCCCC1O)S(=O)(=O)CC1CCC1. The minimum Gasteiger partial charge on any atom is -0.393 e. The molecule has 0 aromatic carbocycles. The van der Waals surface area contributed by atoms with E-state index >= 15 is 0 Å². The highest BCUT2D eigenvalue weighted by Gasteiger charge is 2.31. The maximum absolute atomic E-state index is 12.2. The molecule has 2 rings (SSSR count). The lowest BCUT2D eigenvalue weighted by Gasteiger charge is -2.32. The van der Waals surface area contributed by atoms with Crippen molar-refractivity contribution in [1.29, 1.82) is 0 Å². The summed E-state index contributed by atoms with van der Waals surface area (Å²) in [4.78, 5) is 0. The van der Waals surface area contributed by atoms with Gasteiger partial charge in [0.25, 0.3) is 0 Å². The molecule has 0 aromatic rings. The van der Waals surface area contributed by atoms with Crippen molar-refractivity contribution in [2.24, 2.45) is 11.8 Å². The summed E-state index contributed by atoms with van der Waals surface area (Å²) in [5.74, 6) is 0.792. The average Bonchev–Trinajstić information content (AvgIpc) is 2.27. The first kappa shape index (κ1) is 14.3. The van der Waals surface area contributed by atoms with Crippen molar-refractivity contribution < 1.29 is 13.5 Å². The Hall–Kier alpha value is -0.130. The summed E-state index contributed by atoms with van der Waals surface area (Å²) >= 11 is 0. The van der Waals surface area contributed by atoms with Crippen molar-refractivity contribution in [2.75, 3.05) is 19.3 Å². The molecule has 1 N–H and O–H groups in total. The monoisotopic (exact) mass is 275 g/mol. The summed E-state index contributed by atoms with van der Waals surface area (Å²) in [7, 11) is -1.46. The van der Waals surface area contributed by atoms with E-state index in [2.05, 4.69) is 0 Å². The average molecular weight is 275 g/mol. The Morgan fingerprint density at radius 1 is 1.11 bits per heavy atom. The van der Waals surface area contributed by atoms with Gasteiger partial charge in [0.1, 0.15) is 0 Å². The Balaban J connectivity index is 1.87. The fourth-order valence-corrected chi connectivity index (χ4v) is 4.53. The largest absolute Gasteiger partial charge is 0.393 e. The molecule has 0 saturated heterocycles. The molecule has 0 spiro atoms. The van der Waals surface area contributed by atoms with E-state index in [1.165, 1.54) is 10.7 Å². The Morgan fingerprint density at radius 2 is 1.78 bits per heavy atom. The quantitative estimate of drug-likeness (QED) is 0.829. The van der Waals surface area contributed by atoms with Gasteiger partial charge in [0.15, 0.2) is 0 Å². The van der Waals surface area contributed by atoms with Crippen LogP contribution in [0, 0.1) is 11.8 Å². The van der Waals surface area contributed by atoms with Crippen molar-refractivity contribution in [3.05, 3.63) is 0 Å². The van der Waals surface area contributed by atoms with E-state index in [4.69, 9.17) is 0 Å². The number of hydrogen-bond donors (Lipinski definition) is 1. The van der Waals surface area contributed by atoms with Gasteiger partial charge in [0.2, 0.25) is 10.0 Å². The van der Waals surface area contributed by atoms with E-state index in [1.54, 1.807) is 7.05 Å². The molecule has 2 saturated carbocycles. The fraction of sp³-hybridized carbons (Fsp3) is 1.00. The highest BCUT2D eigenvalue weighted by Crippen LogP contribution is 2.29. The second-order valence-electron chi connectivity index (χ2n) is 5.97. The van der Waals surface area contributed by atoms with Gasteiger partial charge >= 0.3 is 0 Å². The maximum Gasteiger partial charge on any atom is 0.214 e. The van der Waals surface area contributed by atoms with Gasteiger partial charge in [0, 0.05) is 13.6 Å². The molecule has 2 aliphatic rings. The molecule has 5 heteroatoms. The van der Waals surface area contributed by atoms with Gasteiger partial charge in [0.05, 0.1) is 11.9 Å². The first-order chi connectivity index (χ1) is 8.49. The van der Waals surface area contributed by atoms with Crippen LogP contribution in [0.15, 0.2) is 0 Å². The molecule has 2 unspecified atom stereocenters. The second kappa shape index (κ2) is 5.88. The van der Waals surface area contributed by atoms with Gasteiger partial charge in [-0.25, -0.2) is 12.7 Å². The first-order valence-electron chi connectivity index (χ1n) is 7.11. The number of rotatable bonds is 5. The fourth-order valence-electron chi connectivity index (χ4n) is 2.93. The van der Waals surface area contributed by atoms with E-state index in [0.29, 0.717) is 18.2 Å². The van der Waals surface area contributed by atoms with Crippen molar-refractivity contribution in [2.45, 2.75) is 51.0 Å². The predicted molar refractivity (Wildman–Crippen MR) is 71.7 cm³/mol. The van der Waals surface area contributed by atoms with E-state index in [9.17, 15) is 13.5 Å². The first-order valence-corrected chi connectivity index (χ1v) is 8.72. The van der Waals surface area contributed by atoms with Crippen LogP contribution in [0.5, 0.6) is 0 Å². The lowest BCUT2D eigenvalue weighted by molar-refractivity contribution is 0.0620. The van der Waals surface area contributed by atoms with Crippen LogP contribution in [0.1, 0.15) is 44.9 Å². The molecule has 4 nitrogen and oxygen atoms in total. The lowest BCUT2D eigenvalue weighted by Crippen LogP contribution is -2.40. The molecule has 0 amide bonds. The minimum absolute atomic E-state index is 0.125. The number of aliphatic hydroxyl groups is 1. The molecular formula is C13H25NO3S. The van der Waals surface area contributed by atoms with Crippen molar-refractivity contribution >= 4 is 10.0 Å². The maximum atomic E-state index is 12.2. The molecule has 0 heterocycles. The van der Waals surface area contributed by atoms with Gasteiger partial charge in [-0.2, -0.15) is 0 Å². The summed E-state index contributed by atoms with van der Waals surface area (Å²) < 4.78 is 25.8. The summed E-state index contributed by atoms with van der Waals surface area (Å²) in [6.07, 6.45) is 6.91. The number of hydrogen-bond acceptors (Lipinski definition) is 3. The Labute approximate surface area is 110 Å². The number of sulfonamides is 1. The molecule has 2 aliphatic carbocycles. The summed E-state index contributed by atoms with van der Waals surface area (Å²) in [6, 6.07) is 0. The molecule has 2 fully saturated rings. The molecule has 0 aliphatic heterocycles.